The van der Waals surface area contributed by atoms with Crippen LogP contribution in [0.5, 0.6) is 5.75 Å². The van der Waals surface area contributed by atoms with Gasteiger partial charge in [-0.1, -0.05) is 32.4 Å². The van der Waals surface area contributed by atoms with Crippen molar-refractivity contribution in [3.8, 4) is 35.0 Å². The van der Waals surface area contributed by atoms with Crippen LogP contribution in [0.2, 0.25) is 0 Å². The van der Waals surface area contributed by atoms with Crippen molar-refractivity contribution in [2.75, 3.05) is 30.8 Å². The van der Waals surface area contributed by atoms with Crippen molar-refractivity contribution in [1.29, 1.82) is 0 Å². The van der Waals surface area contributed by atoms with Gasteiger partial charge >= 0.3 is 5.69 Å². The number of anilines is 1. The maximum absolute atomic E-state index is 15.9. The zero-order chi connectivity index (χ0) is 31.9. The summed E-state index contributed by atoms with van der Waals surface area (Å²) in [6.07, 6.45) is 9.23. The van der Waals surface area contributed by atoms with E-state index in [0.29, 0.717) is 16.3 Å². The summed E-state index contributed by atoms with van der Waals surface area (Å²) in [6.45, 7) is 6.77. The average molecular weight is 621 g/mol. The molecule has 0 aliphatic carbocycles. The van der Waals surface area contributed by atoms with Gasteiger partial charge in [-0.2, -0.15) is 4.98 Å². The van der Waals surface area contributed by atoms with E-state index in [4.69, 9.17) is 6.42 Å². The van der Waals surface area contributed by atoms with Crippen LogP contribution < -0.4 is 10.6 Å². The average Bonchev–Trinajstić information content (AvgIpc) is 3.00. The van der Waals surface area contributed by atoms with Gasteiger partial charge in [-0.3, -0.25) is 9.78 Å². The fraction of sp³-hybridized carbons (Fsp3) is 0.258. The second-order valence-electron chi connectivity index (χ2n) is 10.3. The van der Waals surface area contributed by atoms with Gasteiger partial charge in [-0.05, 0) is 36.4 Å². The van der Waals surface area contributed by atoms with Crippen LogP contribution in [0, 0.1) is 24.0 Å². The molecule has 1 unspecified atom stereocenters. The van der Waals surface area contributed by atoms with Crippen LogP contribution in [0.3, 0.4) is 0 Å². The van der Waals surface area contributed by atoms with Gasteiger partial charge < -0.3 is 14.9 Å². The monoisotopic (exact) mass is 620 g/mol. The van der Waals surface area contributed by atoms with Crippen molar-refractivity contribution in [1.82, 2.24) is 24.4 Å². The molecule has 5 rings (SSSR count). The summed E-state index contributed by atoms with van der Waals surface area (Å²) in [5.41, 5.74) is -0.981. The van der Waals surface area contributed by atoms with Gasteiger partial charge in [-0.25, -0.2) is 27.5 Å². The maximum Gasteiger partial charge on any atom is 0.355 e. The number of terminal acetylenes is 1. The number of carbonyl (C=O) groups is 1. The largest absolute Gasteiger partial charge is 0.507 e. The molecule has 9 nitrogen and oxygen atoms in total. The van der Waals surface area contributed by atoms with Crippen LogP contribution in [-0.4, -0.2) is 67.4 Å². The summed E-state index contributed by atoms with van der Waals surface area (Å²) in [6, 6.07) is 5.42. The summed E-state index contributed by atoms with van der Waals surface area (Å²) >= 11 is 1.35. The Bertz CT molecular complexity index is 1900. The van der Waals surface area contributed by atoms with E-state index >= 15 is 4.39 Å². The molecule has 226 valence electrons. The number of nitrogens with zero attached hydrogens (tertiary/aromatic N) is 6. The first-order valence-electron chi connectivity index (χ1n) is 13.5. The lowest BCUT2D eigenvalue weighted by Crippen LogP contribution is -2.55. The first kappa shape index (κ1) is 30.6. The molecule has 1 N–H and O–H groups in total. The van der Waals surface area contributed by atoms with E-state index in [9.17, 15) is 23.5 Å². The number of phenols is 1. The molecule has 1 aliphatic rings. The Morgan fingerprint density at radius 1 is 1.20 bits per heavy atom. The van der Waals surface area contributed by atoms with Crippen molar-refractivity contribution in [2.24, 2.45) is 0 Å². The Morgan fingerprint density at radius 3 is 2.59 bits per heavy atom. The summed E-state index contributed by atoms with van der Waals surface area (Å²) in [4.78, 5) is 43.0. The Hall–Kier alpha value is -4.83. The molecule has 1 aliphatic heterocycles. The number of halogens is 3. The van der Waals surface area contributed by atoms with Gasteiger partial charge in [0.25, 0.3) is 5.91 Å². The normalized spacial score (nSPS) is 15.1. The summed E-state index contributed by atoms with van der Waals surface area (Å²) < 4.78 is 45.7. The van der Waals surface area contributed by atoms with Crippen molar-refractivity contribution in [3.05, 3.63) is 76.7 Å². The zero-order valence-corrected chi connectivity index (χ0v) is 24.8. The standard InChI is InChI=1S/C31H27F3N6O3S/c1-6-18-15-38(30(42)17(4)32)12-13-39(18)28-19-14-21(34)26(24-20(33)8-7-9-22(24)41)36-29(19)40(31(43)37-28)27-23(44-5)10-11-35-25(27)16(2)3/h1,7-11,14,16,18,41H,4,12-13,15H2,2-3,5H3. The fourth-order valence-electron chi connectivity index (χ4n) is 5.25. The van der Waals surface area contributed by atoms with Gasteiger partial charge in [0.05, 0.1) is 28.9 Å². The minimum absolute atomic E-state index is 0.0139. The highest BCUT2D eigenvalue weighted by Crippen LogP contribution is 2.37. The smallest absolute Gasteiger partial charge is 0.355 e. The van der Waals surface area contributed by atoms with E-state index < -0.39 is 52.1 Å². The maximum atomic E-state index is 15.9. The van der Waals surface area contributed by atoms with Gasteiger partial charge in [0.2, 0.25) is 0 Å². The van der Waals surface area contributed by atoms with Crippen molar-refractivity contribution < 1.29 is 23.1 Å². The predicted molar refractivity (Wildman–Crippen MR) is 163 cm³/mol. The second-order valence-corrected chi connectivity index (χ2v) is 11.2. The zero-order valence-electron chi connectivity index (χ0n) is 24.0. The molecule has 1 fully saturated rings. The molecule has 3 aromatic heterocycles. The van der Waals surface area contributed by atoms with Gasteiger partial charge in [0.1, 0.15) is 29.1 Å². The Morgan fingerprint density at radius 2 is 1.95 bits per heavy atom. The number of hydrogen-bond acceptors (Lipinski definition) is 8. The number of amides is 1. The molecule has 4 heterocycles. The van der Waals surface area contributed by atoms with Crippen molar-refractivity contribution in [2.45, 2.75) is 30.7 Å². The minimum atomic E-state index is -1.14. The van der Waals surface area contributed by atoms with Crippen LogP contribution in [-0.2, 0) is 4.79 Å². The van der Waals surface area contributed by atoms with Crippen LogP contribution in [0.4, 0.5) is 19.0 Å². The van der Waals surface area contributed by atoms with E-state index in [2.05, 4.69) is 27.5 Å². The van der Waals surface area contributed by atoms with E-state index in [1.807, 2.05) is 20.1 Å². The number of fused-ring (bicyclic) bond motifs is 1. The Labute approximate surface area is 255 Å². The molecular formula is C31H27F3N6O3S. The number of aromatic nitrogens is 4. The Balaban J connectivity index is 1.85. The lowest BCUT2D eigenvalue weighted by molar-refractivity contribution is -0.129. The quantitative estimate of drug-likeness (QED) is 0.186. The molecule has 44 heavy (non-hydrogen) atoms. The molecule has 0 radical (unpaired) electrons. The third-order valence-electron chi connectivity index (χ3n) is 7.30. The van der Waals surface area contributed by atoms with Crippen molar-refractivity contribution >= 4 is 34.5 Å². The SMILES string of the molecule is C#CC1CN(C(=O)C(=C)F)CCN1c1nc(=O)n(-c2c(SC)ccnc2C(C)C)c2nc(-c3c(O)cccc3F)c(F)cc12. The number of phenolic OH excluding ortho intramolecular Hbond substituents is 1. The number of carbonyl (C=O) groups excluding carboxylic acids is 1. The molecule has 1 saturated heterocycles. The highest BCUT2D eigenvalue weighted by Gasteiger charge is 2.33. The van der Waals surface area contributed by atoms with Gasteiger partial charge in [0, 0.05) is 24.2 Å². The van der Waals surface area contributed by atoms with Crippen LogP contribution in [0.15, 0.2) is 58.6 Å². The molecular weight excluding hydrogens is 593 g/mol. The number of hydrogen-bond donors (Lipinski definition) is 1. The van der Waals surface area contributed by atoms with E-state index in [0.717, 1.165) is 12.1 Å². The van der Waals surface area contributed by atoms with Gasteiger partial charge in [-0.15, -0.1) is 18.2 Å². The first-order valence-corrected chi connectivity index (χ1v) is 14.7. The summed E-state index contributed by atoms with van der Waals surface area (Å²) in [5.74, 6) is -2.16. The summed E-state index contributed by atoms with van der Waals surface area (Å²) in [7, 11) is 0. The highest BCUT2D eigenvalue weighted by molar-refractivity contribution is 7.98. The number of rotatable bonds is 6. The fourth-order valence-corrected chi connectivity index (χ4v) is 5.83. The third-order valence-corrected chi connectivity index (χ3v) is 8.07. The van der Waals surface area contributed by atoms with E-state index in [-0.39, 0.29) is 42.4 Å². The molecule has 1 amide bonds. The van der Waals surface area contributed by atoms with E-state index in [1.54, 1.807) is 17.2 Å². The number of thioether (sulfide) groups is 1. The lowest BCUT2D eigenvalue weighted by Gasteiger charge is -2.39. The number of pyridine rings is 2. The topological polar surface area (TPSA) is 104 Å². The molecule has 0 spiro atoms. The second kappa shape index (κ2) is 12.0. The predicted octanol–water partition coefficient (Wildman–Crippen LogP) is 4.81. The molecule has 4 aromatic rings. The lowest BCUT2D eigenvalue weighted by atomic mass is 10.1. The number of aromatic hydroxyl groups is 1. The molecule has 13 heteroatoms. The molecule has 1 atom stereocenters. The van der Waals surface area contributed by atoms with Crippen LogP contribution in [0.25, 0.3) is 28.0 Å². The van der Waals surface area contributed by atoms with Crippen LogP contribution in [0.1, 0.15) is 25.5 Å². The molecule has 0 bridgehead atoms. The van der Waals surface area contributed by atoms with Gasteiger partial charge in [0.15, 0.2) is 17.3 Å². The number of benzene rings is 1. The number of piperazine rings is 1. The first-order chi connectivity index (χ1) is 21.0. The molecule has 1 aromatic carbocycles. The molecule has 0 saturated carbocycles. The minimum Gasteiger partial charge on any atom is -0.507 e. The highest BCUT2D eigenvalue weighted by atomic mass is 32.2. The van der Waals surface area contributed by atoms with Crippen molar-refractivity contribution in [3.63, 3.8) is 0 Å². The Kier molecular flexibility index (Phi) is 8.38. The summed E-state index contributed by atoms with van der Waals surface area (Å²) in [5, 5.41) is 10.5. The third kappa shape index (κ3) is 5.26. The van der Waals surface area contributed by atoms with E-state index in [1.165, 1.54) is 33.4 Å². The van der Waals surface area contributed by atoms with Crippen LogP contribution >= 0.6 is 11.8 Å².